The number of carbonyl (C=O) groups is 1. The van der Waals surface area contributed by atoms with Crippen molar-refractivity contribution in [2.75, 3.05) is 6.79 Å². The standard InChI is InChI=1S/C24H18ClN3O3/c25-20-7-3-1-5-17(20)13-28-14-18(19-6-2-4-8-21(19)28)12-26-27-24(29)16-9-10-22-23(11-16)31-15-30-22/h1-12,14H,13,15H2,(H,27,29)/b26-12-. The van der Waals surface area contributed by atoms with Crippen molar-refractivity contribution in [2.45, 2.75) is 6.54 Å². The monoisotopic (exact) mass is 431 g/mol. The average molecular weight is 432 g/mol. The third-order valence-corrected chi connectivity index (χ3v) is 5.49. The quantitative estimate of drug-likeness (QED) is 0.363. The third-order valence-electron chi connectivity index (χ3n) is 5.12. The zero-order chi connectivity index (χ0) is 21.2. The molecule has 0 unspecified atom stereocenters. The van der Waals surface area contributed by atoms with Crippen LogP contribution in [0.2, 0.25) is 5.02 Å². The molecule has 0 radical (unpaired) electrons. The molecule has 0 aliphatic carbocycles. The van der Waals surface area contributed by atoms with E-state index >= 15 is 0 Å². The SMILES string of the molecule is O=C(N/N=C\c1cn(Cc2ccccc2Cl)c2ccccc12)c1ccc2c(c1)OCO2. The maximum atomic E-state index is 12.4. The number of hydrazone groups is 1. The van der Waals surface area contributed by atoms with Gasteiger partial charge in [0.25, 0.3) is 5.91 Å². The van der Waals surface area contributed by atoms with Gasteiger partial charge in [0, 0.05) is 39.8 Å². The molecule has 154 valence electrons. The summed E-state index contributed by atoms with van der Waals surface area (Å²) in [6.07, 6.45) is 3.65. The van der Waals surface area contributed by atoms with Crippen LogP contribution >= 0.6 is 11.6 Å². The lowest BCUT2D eigenvalue weighted by Gasteiger charge is -2.07. The van der Waals surface area contributed by atoms with Gasteiger partial charge in [-0.3, -0.25) is 4.79 Å². The minimum atomic E-state index is -0.325. The zero-order valence-electron chi connectivity index (χ0n) is 16.4. The average Bonchev–Trinajstić information content (AvgIpc) is 3.40. The first-order valence-electron chi connectivity index (χ1n) is 9.73. The van der Waals surface area contributed by atoms with Crippen molar-refractivity contribution >= 4 is 34.6 Å². The number of nitrogens with one attached hydrogen (secondary N) is 1. The second-order valence-corrected chi connectivity index (χ2v) is 7.50. The Morgan fingerprint density at radius 1 is 1.06 bits per heavy atom. The van der Waals surface area contributed by atoms with Crippen LogP contribution in [-0.2, 0) is 6.54 Å². The van der Waals surface area contributed by atoms with Crippen LogP contribution in [0.25, 0.3) is 10.9 Å². The third kappa shape index (κ3) is 3.85. The van der Waals surface area contributed by atoms with Crippen LogP contribution in [0.15, 0.2) is 78.0 Å². The molecule has 0 fully saturated rings. The number of hydrogen-bond donors (Lipinski definition) is 1. The molecule has 0 bridgehead atoms. The van der Waals surface area contributed by atoms with E-state index in [9.17, 15) is 4.79 Å². The van der Waals surface area contributed by atoms with Gasteiger partial charge in [0.1, 0.15) is 0 Å². The summed E-state index contributed by atoms with van der Waals surface area (Å²) in [6.45, 7) is 0.800. The minimum Gasteiger partial charge on any atom is -0.454 e. The largest absolute Gasteiger partial charge is 0.454 e. The van der Waals surface area contributed by atoms with Crippen LogP contribution in [0.4, 0.5) is 0 Å². The Balaban J connectivity index is 1.37. The van der Waals surface area contributed by atoms with Gasteiger partial charge in [0.2, 0.25) is 6.79 Å². The lowest BCUT2D eigenvalue weighted by Crippen LogP contribution is -2.17. The Labute approximate surface area is 183 Å². The van der Waals surface area contributed by atoms with Gasteiger partial charge in [-0.2, -0.15) is 5.10 Å². The van der Waals surface area contributed by atoms with Crippen molar-refractivity contribution < 1.29 is 14.3 Å². The van der Waals surface area contributed by atoms with Crippen LogP contribution in [0.5, 0.6) is 11.5 Å². The fourth-order valence-electron chi connectivity index (χ4n) is 3.58. The number of rotatable bonds is 5. The first-order valence-corrected chi connectivity index (χ1v) is 10.1. The van der Waals surface area contributed by atoms with Crippen LogP contribution in [0.3, 0.4) is 0 Å². The van der Waals surface area contributed by atoms with E-state index < -0.39 is 0 Å². The van der Waals surface area contributed by atoms with Crippen molar-refractivity contribution in [3.63, 3.8) is 0 Å². The maximum Gasteiger partial charge on any atom is 0.271 e. The topological polar surface area (TPSA) is 64.9 Å². The van der Waals surface area contributed by atoms with Gasteiger partial charge in [-0.05, 0) is 35.9 Å². The van der Waals surface area contributed by atoms with E-state index in [1.54, 1.807) is 24.4 Å². The van der Waals surface area contributed by atoms with Gasteiger partial charge in [-0.15, -0.1) is 0 Å². The highest BCUT2D eigenvalue weighted by molar-refractivity contribution is 6.31. The number of hydrogen-bond acceptors (Lipinski definition) is 4. The van der Waals surface area contributed by atoms with Gasteiger partial charge < -0.3 is 14.0 Å². The molecule has 2 heterocycles. The number of benzene rings is 3. The number of carbonyl (C=O) groups excluding carboxylic acids is 1. The predicted octanol–water partition coefficient (Wildman–Crippen LogP) is 4.84. The molecule has 1 N–H and O–H groups in total. The number of amides is 1. The molecule has 31 heavy (non-hydrogen) atoms. The van der Waals surface area contributed by atoms with Crippen LogP contribution in [0, 0.1) is 0 Å². The summed E-state index contributed by atoms with van der Waals surface area (Å²) < 4.78 is 12.7. The molecule has 0 spiro atoms. The summed E-state index contributed by atoms with van der Waals surface area (Å²) in [5.41, 5.74) is 6.01. The van der Waals surface area contributed by atoms with Crippen LogP contribution < -0.4 is 14.9 Å². The van der Waals surface area contributed by atoms with Gasteiger partial charge in [-0.25, -0.2) is 5.43 Å². The summed E-state index contributed by atoms with van der Waals surface area (Å²) >= 11 is 6.34. The number of nitrogens with zero attached hydrogens (tertiary/aromatic N) is 2. The first kappa shape index (κ1) is 19.2. The van der Waals surface area contributed by atoms with Crippen molar-refractivity contribution in [2.24, 2.45) is 5.10 Å². The molecule has 4 aromatic rings. The normalized spacial score (nSPS) is 12.5. The van der Waals surface area contributed by atoms with Crippen LogP contribution in [-0.4, -0.2) is 23.5 Å². The van der Waals surface area contributed by atoms with Crippen molar-refractivity contribution in [1.82, 2.24) is 9.99 Å². The smallest absolute Gasteiger partial charge is 0.271 e. The lowest BCUT2D eigenvalue weighted by atomic mass is 10.2. The van der Waals surface area contributed by atoms with E-state index in [0.29, 0.717) is 23.6 Å². The summed E-state index contributed by atoms with van der Waals surface area (Å²) in [4.78, 5) is 12.4. The van der Waals surface area contributed by atoms with E-state index in [2.05, 4.69) is 21.2 Å². The summed E-state index contributed by atoms with van der Waals surface area (Å²) in [6, 6.07) is 20.9. The Kier molecular flexibility index (Phi) is 5.06. The number of para-hydroxylation sites is 1. The highest BCUT2D eigenvalue weighted by Gasteiger charge is 2.16. The van der Waals surface area contributed by atoms with Gasteiger partial charge in [-0.1, -0.05) is 48.0 Å². The molecule has 1 aliphatic rings. The second-order valence-electron chi connectivity index (χ2n) is 7.09. The predicted molar refractivity (Wildman–Crippen MR) is 120 cm³/mol. The van der Waals surface area contributed by atoms with Gasteiger partial charge in [0.05, 0.1) is 6.21 Å². The molecule has 0 saturated carbocycles. The van der Waals surface area contributed by atoms with E-state index in [1.807, 2.05) is 48.7 Å². The molecule has 7 heteroatoms. The Bertz CT molecular complexity index is 1310. The minimum absolute atomic E-state index is 0.164. The molecule has 1 amide bonds. The maximum absolute atomic E-state index is 12.4. The molecule has 6 nitrogen and oxygen atoms in total. The fraction of sp³-hybridized carbons (Fsp3) is 0.0833. The number of aromatic nitrogens is 1. The fourth-order valence-corrected chi connectivity index (χ4v) is 3.78. The zero-order valence-corrected chi connectivity index (χ0v) is 17.2. The molecule has 3 aromatic carbocycles. The molecular weight excluding hydrogens is 414 g/mol. The molecule has 1 aromatic heterocycles. The number of halogens is 1. The van der Waals surface area contributed by atoms with Crippen molar-refractivity contribution in [1.29, 1.82) is 0 Å². The molecule has 5 rings (SSSR count). The summed E-state index contributed by atoms with van der Waals surface area (Å²) in [7, 11) is 0. The van der Waals surface area contributed by atoms with Crippen LogP contribution in [0.1, 0.15) is 21.5 Å². The molecule has 1 aliphatic heterocycles. The highest BCUT2D eigenvalue weighted by atomic mass is 35.5. The van der Waals surface area contributed by atoms with E-state index in [-0.39, 0.29) is 12.7 Å². The first-order chi connectivity index (χ1) is 15.2. The molecule has 0 atom stereocenters. The summed E-state index contributed by atoms with van der Waals surface area (Å²) in [5, 5.41) is 5.93. The summed E-state index contributed by atoms with van der Waals surface area (Å²) in [5.74, 6) is 0.861. The van der Waals surface area contributed by atoms with E-state index in [0.717, 1.165) is 27.1 Å². The Morgan fingerprint density at radius 3 is 2.77 bits per heavy atom. The van der Waals surface area contributed by atoms with E-state index in [4.69, 9.17) is 21.1 Å². The van der Waals surface area contributed by atoms with Gasteiger partial charge >= 0.3 is 0 Å². The van der Waals surface area contributed by atoms with Crippen molar-refractivity contribution in [3.8, 4) is 11.5 Å². The lowest BCUT2D eigenvalue weighted by molar-refractivity contribution is 0.0954. The Hall–Kier alpha value is -3.77. The van der Waals surface area contributed by atoms with E-state index in [1.165, 1.54) is 0 Å². The van der Waals surface area contributed by atoms with Gasteiger partial charge in [0.15, 0.2) is 11.5 Å². The number of fused-ring (bicyclic) bond motifs is 2. The molecular formula is C24H18ClN3O3. The van der Waals surface area contributed by atoms with Crippen molar-refractivity contribution in [3.05, 3.63) is 94.6 Å². The number of ether oxygens (including phenoxy) is 2. The second kappa shape index (κ2) is 8.16. The highest BCUT2D eigenvalue weighted by Crippen LogP contribution is 2.32. The Morgan fingerprint density at radius 2 is 1.87 bits per heavy atom. The molecule has 0 saturated heterocycles.